The second-order valence-corrected chi connectivity index (χ2v) is 10.3. The molecule has 0 spiro atoms. The molecule has 6 rings (SSSR count). The SMILES string of the molecule is O=S(=O)=O.O=S=O.O=c1nc2ccc(Nc3ccc(S(=O)O)cc3)c3c2=c(c1=C(O)c1ccccc1)c1ccccc1c3=O. The number of hydrogen-bond donors (Lipinski definition) is 3. The van der Waals surface area contributed by atoms with Crippen LogP contribution in [0.2, 0.25) is 0 Å². The highest BCUT2D eigenvalue weighted by Crippen LogP contribution is 2.27. The maximum atomic E-state index is 13.8. The summed E-state index contributed by atoms with van der Waals surface area (Å²) in [6, 6.07) is 25.4. The predicted molar refractivity (Wildman–Crippen MR) is 162 cm³/mol. The van der Waals surface area contributed by atoms with Crippen molar-refractivity contribution in [2.24, 2.45) is 0 Å². The van der Waals surface area contributed by atoms with Gasteiger partial charge in [0.1, 0.15) is 5.76 Å². The molecule has 0 radical (unpaired) electrons. The Bertz CT molecular complexity index is 2410. The number of nitrogens with zero attached hydrogens (tertiary/aromatic N) is 1. The van der Waals surface area contributed by atoms with Crippen LogP contribution in [-0.2, 0) is 33.3 Å². The van der Waals surface area contributed by atoms with Crippen LogP contribution in [0.25, 0.3) is 27.4 Å². The van der Waals surface area contributed by atoms with Gasteiger partial charge in [0, 0.05) is 27.1 Å². The third kappa shape index (κ3) is 6.55. The molecule has 0 amide bonds. The normalized spacial score (nSPS) is 11.9. The molecule has 0 aromatic heterocycles. The molecule has 12 nitrogen and oxygen atoms in total. The highest BCUT2D eigenvalue weighted by atomic mass is 32.2. The zero-order valence-electron chi connectivity index (χ0n) is 22.0. The van der Waals surface area contributed by atoms with Gasteiger partial charge in [-0.25, -0.2) is 9.19 Å². The molecule has 2 aliphatic rings. The molecule has 4 aromatic rings. The van der Waals surface area contributed by atoms with E-state index < -0.39 is 38.8 Å². The molecule has 0 bridgehead atoms. The van der Waals surface area contributed by atoms with Gasteiger partial charge in [-0.3, -0.25) is 9.59 Å². The van der Waals surface area contributed by atoms with Crippen molar-refractivity contribution < 1.29 is 34.9 Å². The number of hydrogen-bond acceptors (Lipinski definition) is 11. The number of rotatable bonds is 4. The molecule has 1 atom stereocenters. The van der Waals surface area contributed by atoms with Gasteiger partial charge in [0.15, 0.2) is 16.5 Å². The Morgan fingerprint density at radius 1 is 0.750 bits per heavy atom. The molecule has 1 unspecified atom stereocenters. The fourth-order valence-corrected chi connectivity index (χ4v) is 5.12. The number of fused-ring (bicyclic) bond motifs is 2. The van der Waals surface area contributed by atoms with E-state index in [0.29, 0.717) is 49.1 Å². The van der Waals surface area contributed by atoms with Crippen molar-refractivity contribution in [3.05, 3.63) is 133 Å². The summed E-state index contributed by atoms with van der Waals surface area (Å²) in [6.07, 6.45) is 0. The smallest absolute Gasteiger partial charge is 0.425 e. The fraction of sp³-hybridized carbons (Fsp3) is 0. The number of nitrogens with one attached hydrogen (secondary N) is 1. The molecule has 0 saturated heterocycles. The Hall–Kier alpha value is -5.22. The zero-order valence-corrected chi connectivity index (χ0v) is 24.4. The third-order valence-corrected chi connectivity index (χ3v) is 7.08. The maximum absolute atomic E-state index is 13.8. The van der Waals surface area contributed by atoms with Crippen LogP contribution in [0.15, 0.2) is 105 Å². The molecule has 222 valence electrons. The number of anilines is 2. The van der Waals surface area contributed by atoms with Crippen LogP contribution >= 0.6 is 0 Å². The molecule has 1 aliphatic heterocycles. The summed E-state index contributed by atoms with van der Waals surface area (Å²) in [4.78, 5) is 31.6. The molecule has 44 heavy (non-hydrogen) atoms. The predicted octanol–water partition coefficient (Wildman–Crippen LogP) is 2.35. The number of aliphatic hydroxyl groups excluding tert-OH is 1. The van der Waals surface area contributed by atoms with Crippen LogP contribution in [0.5, 0.6) is 0 Å². The first-order valence-electron chi connectivity index (χ1n) is 12.2. The first kappa shape index (κ1) is 31.7. The summed E-state index contributed by atoms with van der Waals surface area (Å²) >= 11 is -2.85. The van der Waals surface area contributed by atoms with Gasteiger partial charge in [0.2, 0.25) is 0 Å². The van der Waals surface area contributed by atoms with E-state index in [1.54, 1.807) is 72.8 Å². The average molecular weight is 651 g/mol. The Labute approximate surface area is 254 Å². The van der Waals surface area contributed by atoms with Crippen molar-refractivity contribution in [3.8, 4) is 0 Å². The van der Waals surface area contributed by atoms with Gasteiger partial charge in [0.05, 0.1) is 26.7 Å². The van der Waals surface area contributed by atoms with E-state index in [0.717, 1.165) is 0 Å². The largest absolute Gasteiger partial charge is 0.506 e. The molecule has 1 aliphatic carbocycles. The van der Waals surface area contributed by atoms with Crippen molar-refractivity contribution in [2.75, 3.05) is 5.32 Å². The van der Waals surface area contributed by atoms with E-state index in [1.165, 1.54) is 12.1 Å². The van der Waals surface area contributed by atoms with Crippen molar-refractivity contribution in [1.82, 2.24) is 4.98 Å². The van der Waals surface area contributed by atoms with Gasteiger partial charge in [-0.1, -0.05) is 54.6 Å². The van der Waals surface area contributed by atoms with Crippen LogP contribution in [0.3, 0.4) is 0 Å². The lowest BCUT2D eigenvalue weighted by Crippen LogP contribution is -2.33. The summed E-state index contributed by atoms with van der Waals surface area (Å²) < 4.78 is 62.5. The number of aromatic nitrogens is 1. The molecule has 0 fully saturated rings. The molecule has 0 saturated carbocycles. The van der Waals surface area contributed by atoms with Crippen LogP contribution in [0.1, 0.15) is 5.56 Å². The lowest BCUT2D eigenvalue weighted by molar-refractivity contribution is 0.506. The minimum Gasteiger partial charge on any atom is -0.506 e. The van der Waals surface area contributed by atoms with Gasteiger partial charge in [-0.05, 0) is 41.8 Å². The molecular weight excluding hydrogens is 633 g/mol. The minimum atomic E-state index is -3.11. The van der Waals surface area contributed by atoms with Gasteiger partial charge < -0.3 is 15.0 Å². The summed E-state index contributed by atoms with van der Waals surface area (Å²) in [7, 11) is -3.11. The Morgan fingerprint density at radius 2 is 1.32 bits per heavy atom. The second-order valence-electron chi connectivity index (χ2n) is 8.81. The van der Waals surface area contributed by atoms with Gasteiger partial charge in [-0.15, -0.1) is 12.6 Å². The van der Waals surface area contributed by atoms with Crippen LogP contribution in [0, 0.1) is 10.4 Å². The van der Waals surface area contributed by atoms with Gasteiger partial charge >= 0.3 is 22.2 Å². The van der Waals surface area contributed by atoms with E-state index in [1.807, 2.05) is 6.07 Å². The minimum absolute atomic E-state index is 0.0341. The lowest BCUT2D eigenvalue weighted by Gasteiger charge is -2.13. The van der Waals surface area contributed by atoms with Gasteiger partial charge in [0.25, 0.3) is 5.56 Å². The Balaban J connectivity index is 0.000000576. The molecule has 4 aromatic carbocycles. The number of benzene rings is 4. The summed E-state index contributed by atoms with van der Waals surface area (Å²) in [5.41, 5.74) is 1.06. The van der Waals surface area contributed by atoms with Crippen molar-refractivity contribution in [1.29, 1.82) is 0 Å². The fourth-order valence-electron chi connectivity index (χ4n) is 4.75. The van der Waals surface area contributed by atoms with Crippen LogP contribution in [0.4, 0.5) is 11.4 Å². The molecule has 15 heteroatoms. The maximum Gasteiger partial charge on any atom is 0.425 e. The van der Waals surface area contributed by atoms with E-state index >= 15 is 0 Å². The lowest BCUT2D eigenvalue weighted by atomic mass is 9.96. The van der Waals surface area contributed by atoms with Crippen molar-refractivity contribution in [2.45, 2.75) is 4.90 Å². The quantitative estimate of drug-likeness (QED) is 0.236. The van der Waals surface area contributed by atoms with Crippen LogP contribution < -0.4 is 21.5 Å². The standard InChI is InChI=1S/C29H18N2O5S.O3S.O2S/c32-27(16-6-2-1-3-7-16)26-23-19-8-4-5-9-20(19)28(33)25-22(15-14-21(24(23)25)31-29(26)34)30-17-10-12-18(13-11-17)37(35)36;1-4(2)3;1-3-2/h1-15,30,32H,(H,35,36);;. The van der Waals surface area contributed by atoms with E-state index in [9.17, 15) is 23.5 Å². The Morgan fingerprint density at radius 3 is 1.91 bits per heavy atom. The summed E-state index contributed by atoms with van der Waals surface area (Å²) in [6.45, 7) is 0. The van der Waals surface area contributed by atoms with E-state index in [2.05, 4.69) is 10.3 Å². The van der Waals surface area contributed by atoms with E-state index in [4.69, 9.17) is 21.0 Å². The van der Waals surface area contributed by atoms with E-state index in [-0.39, 0.29) is 21.3 Å². The molecular formula is C29H18N2O10S3. The van der Waals surface area contributed by atoms with Crippen molar-refractivity contribution >= 4 is 72.1 Å². The summed E-state index contributed by atoms with van der Waals surface area (Å²) in [5, 5.41) is 16.7. The summed E-state index contributed by atoms with van der Waals surface area (Å²) in [5.74, 6) is -0.212. The monoisotopic (exact) mass is 650 g/mol. The molecule has 3 N–H and O–H groups in total. The topological polar surface area (TPSA) is 202 Å². The highest BCUT2D eigenvalue weighted by Gasteiger charge is 2.18. The second kappa shape index (κ2) is 13.8. The third-order valence-electron chi connectivity index (χ3n) is 6.41. The van der Waals surface area contributed by atoms with Crippen LogP contribution in [-0.4, -0.2) is 39.9 Å². The number of aliphatic hydroxyl groups is 1. The first-order chi connectivity index (χ1) is 21.1. The molecule has 1 heterocycles. The average Bonchev–Trinajstić information content (AvgIpc) is 3.00. The zero-order chi connectivity index (χ0) is 32.0. The first-order valence-corrected chi connectivity index (χ1v) is 15.0. The highest BCUT2D eigenvalue weighted by molar-refractivity contribution is 7.79. The van der Waals surface area contributed by atoms with Crippen molar-refractivity contribution in [3.63, 3.8) is 0 Å². The van der Waals surface area contributed by atoms with Gasteiger partial charge in [-0.2, -0.15) is 8.42 Å². The Kier molecular flexibility index (Phi) is 9.97.